The monoisotopic (exact) mass is 637 g/mol. The molecule has 0 aliphatic carbocycles. The second kappa shape index (κ2) is 12.7. The molecule has 0 saturated carbocycles. The van der Waals surface area contributed by atoms with Crippen LogP contribution in [0.1, 0.15) is 0 Å². The van der Waals surface area contributed by atoms with Crippen LogP contribution in [0, 0.1) is 0 Å². The van der Waals surface area contributed by atoms with Crippen molar-refractivity contribution in [2.24, 2.45) is 0 Å². The van der Waals surface area contributed by atoms with Gasteiger partial charge in [-0.1, -0.05) is 158 Å². The minimum atomic E-state index is 0.704. The van der Waals surface area contributed by atoms with E-state index in [1.54, 1.807) is 0 Å². The summed E-state index contributed by atoms with van der Waals surface area (Å²) in [6.45, 7) is 0. The molecule has 9 rings (SSSR count). The Morgan fingerprint density at radius 1 is 0.300 bits per heavy atom. The molecule has 0 atom stereocenters. The van der Waals surface area contributed by atoms with Crippen molar-refractivity contribution in [3.63, 3.8) is 0 Å². The lowest BCUT2D eigenvalue weighted by molar-refractivity contribution is 1.18. The van der Waals surface area contributed by atoms with Crippen LogP contribution in [-0.4, -0.2) is 15.0 Å². The summed E-state index contributed by atoms with van der Waals surface area (Å²) in [5.41, 5.74) is 11.9. The van der Waals surface area contributed by atoms with E-state index < -0.39 is 0 Å². The molecule has 50 heavy (non-hydrogen) atoms. The van der Waals surface area contributed by atoms with Crippen LogP contribution in [0.2, 0.25) is 0 Å². The first-order valence-corrected chi connectivity index (χ1v) is 16.9. The lowest BCUT2D eigenvalue weighted by Gasteiger charge is -2.17. The van der Waals surface area contributed by atoms with Crippen molar-refractivity contribution in [2.45, 2.75) is 0 Å². The Balaban J connectivity index is 1.18. The molecule has 9 aromatic rings. The molecule has 0 aliphatic rings. The van der Waals surface area contributed by atoms with Crippen LogP contribution in [0.5, 0.6) is 0 Å². The number of hydrogen-bond donors (Lipinski definition) is 0. The summed E-state index contributed by atoms with van der Waals surface area (Å²) in [6.07, 6.45) is 3.79. The van der Waals surface area contributed by atoms with Gasteiger partial charge in [0.05, 0.1) is 11.4 Å². The molecule has 0 saturated heterocycles. The molecule has 234 valence electrons. The molecule has 3 heteroatoms. The van der Waals surface area contributed by atoms with Crippen LogP contribution in [0.4, 0.5) is 0 Å². The minimum absolute atomic E-state index is 0.704. The molecular weight excluding hydrogens is 607 g/mol. The molecule has 0 aliphatic heterocycles. The lowest BCUT2D eigenvalue weighted by atomic mass is 9.86. The van der Waals surface area contributed by atoms with Gasteiger partial charge >= 0.3 is 0 Å². The van der Waals surface area contributed by atoms with Crippen LogP contribution in [0.25, 0.3) is 88.8 Å². The van der Waals surface area contributed by atoms with Crippen LogP contribution in [0.3, 0.4) is 0 Å². The van der Waals surface area contributed by atoms with Gasteiger partial charge in [-0.3, -0.25) is 4.98 Å². The van der Waals surface area contributed by atoms with Gasteiger partial charge in [0, 0.05) is 34.6 Å². The van der Waals surface area contributed by atoms with Crippen molar-refractivity contribution in [3.8, 4) is 67.3 Å². The number of aromatic nitrogens is 3. The van der Waals surface area contributed by atoms with Gasteiger partial charge in [-0.2, -0.15) is 0 Å². The number of nitrogens with zero attached hydrogens (tertiary/aromatic N) is 3. The van der Waals surface area contributed by atoms with E-state index >= 15 is 0 Å². The molecule has 0 amide bonds. The SMILES string of the molecule is c1ccc(-c2cccc(-c3cc(-c4ccc(-c5c6ccccc6c(-c6cccnc6)c6ccccc56)cc4)nc(-c4ccccc4)n3)c2)cc1. The summed E-state index contributed by atoms with van der Waals surface area (Å²) in [6, 6.07) is 61.8. The molecular formula is C47H31N3. The number of benzene rings is 7. The molecule has 0 bridgehead atoms. The summed E-state index contributed by atoms with van der Waals surface area (Å²) in [5.74, 6) is 0.704. The highest BCUT2D eigenvalue weighted by atomic mass is 14.9. The molecule has 2 aromatic heterocycles. The Labute approximate surface area is 291 Å². The summed E-state index contributed by atoms with van der Waals surface area (Å²) in [5, 5.41) is 4.85. The summed E-state index contributed by atoms with van der Waals surface area (Å²) in [4.78, 5) is 14.6. The van der Waals surface area contributed by atoms with E-state index in [4.69, 9.17) is 9.97 Å². The first-order chi connectivity index (χ1) is 24.8. The summed E-state index contributed by atoms with van der Waals surface area (Å²) >= 11 is 0. The first kappa shape index (κ1) is 29.4. The predicted molar refractivity (Wildman–Crippen MR) is 207 cm³/mol. The van der Waals surface area contributed by atoms with E-state index in [-0.39, 0.29) is 0 Å². The number of hydrogen-bond acceptors (Lipinski definition) is 3. The van der Waals surface area contributed by atoms with Crippen molar-refractivity contribution in [2.75, 3.05) is 0 Å². The van der Waals surface area contributed by atoms with Gasteiger partial charge in [0.2, 0.25) is 0 Å². The Hall–Kier alpha value is -6.71. The van der Waals surface area contributed by atoms with Crippen molar-refractivity contribution >= 4 is 21.5 Å². The van der Waals surface area contributed by atoms with Gasteiger partial charge in [-0.15, -0.1) is 0 Å². The van der Waals surface area contributed by atoms with Gasteiger partial charge in [-0.05, 0) is 67.6 Å². The van der Waals surface area contributed by atoms with Crippen LogP contribution >= 0.6 is 0 Å². The molecule has 3 nitrogen and oxygen atoms in total. The Bertz CT molecular complexity index is 2560. The predicted octanol–water partition coefficient (Wildman–Crippen LogP) is 12.2. The first-order valence-electron chi connectivity index (χ1n) is 16.9. The van der Waals surface area contributed by atoms with Crippen molar-refractivity contribution in [1.29, 1.82) is 0 Å². The van der Waals surface area contributed by atoms with Gasteiger partial charge in [0.25, 0.3) is 0 Å². The van der Waals surface area contributed by atoms with Crippen LogP contribution in [-0.2, 0) is 0 Å². The van der Waals surface area contributed by atoms with Crippen molar-refractivity contribution < 1.29 is 0 Å². The highest BCUT2D eigenvalue weighted by Crippen LogP contribution is 2.43. The van der Waals surface area contributed by atoms with Crippen LogP contribution < -0.4 is 0 Å². The molecule has 7 aromatic carbocycles. The molecule has 0 unspecified atom stereocenters. The van der Waals surface area contributed by atoms with Gasteiger partial charge < -0.3 is 0 Å². The Morgan fingerprint density at radius 3 is 1.38 bits per heavy atom. The molecule has 0 spiro atoms. The second-order valence-corrected chi connectivity index (χ2v) is 12.4. The summed E-state index contributed by atoms with van der Waals surface area (Å²) in [7, 11) is 0. The fraction of sp³-hybridized carbons (Fsp3) is 0. The second-order valence-electron chi connectivity index (χ2n) is 12.4. The zero-order valence-electron chi connectivity index (χ0n) is 27.2. The zero-order valence-corrected chi connectivity index (χ0v) is 27.2. The topological polar surface area (TPSA) is 38.7 Å². The Morgan fingerprint density at radius 2 is 0.780 bits per heavy atom. The summed E-state index contributed by atoms with van der Waals surface area (Å²) < 4.78 is 0. The highest BCUT2D eigenvalue weighted by molar-refractivity contribution is 6.21. The largest absolute Gasteiger partial charge is 0.264 e. The number of pyridine rings is 1. The molecule has 0 radical (unpaired) electrons. The zero-order chi connectivity index (χ0) is 33.3. The molecule has 2 heterocycles. The fourth-order valence-electron chi connectivity index (χ4n) is 7.02. The van der Waals surface area contributed by atoms with Crippen molar-refractivity contribution in [1.82, 2.24) is 15.0 Å². The fourth-order valence-corrected chi connectivity index (χ4v) is 7.02. The van der Waals surface area contributed by atoms with E-state index in [1.165, 1.54) is 38.2 Å². The maximum absolute atomic E-state index is 5.11. The average molecular weight is 638 g/mol. The maximum Gasteiger partial charge on any atom is 0.160 e. The lowest BCUT2D eigenvalue weighted by Crippen LogP contribution is -1.96. The molecule has 0 N–H and O–H groups in total. The average Bonchev–Trinajstić information content (AvgIpc) is 3.21. The van der Waals surface area contributed by atoms with E-state index in [0.29, 0.717) is 5.82 Å². The van der Waals surface area contributed by atoms with E-state index in [2.05, 4.69) is 151 Å². The third-order valence-corrected chi connectivity index (χ3v) is 9.37. The minimum Gasteiger partial charge on any atom is -0.264 e. The van der Waals surface area contributed by atoms with E-state index in [0.717, 1.165) is 44.8 Å². The smallest absolute Gasteiger partial charge is 0.160 e. The maximum atomic E-state index is 5.11. The normalized spacial score (nSPS) is 11.2. The Kier molecular flexibility index (Phi) is 7.49. The third kappa shape index (κ3) is 5.41. The number of fused-ring (bicyclic) bond motifs is 2. The quantitative estimate of drug-likeness (QED) is 0.170. The van der Waals surface area contributed by atoms with Crippen LogP contribution in [0.15, 0.2) is 188 Å². The van der Waals surface area contributed by atoms with E-state index in [1.807, 2.05) is 42.7 Å². The third-order valence-electron chi connectivity index (χ3n) is 9.37. The van der Waals surface area contributed by atoms with Crippen molar-refractivity contribution in [3.05, 3.63) is 188 Å². The van der Waals surface area contributed by atoms with Gasteiger partial charge in [0.1, 0.15) is 0 Å². The standard InChI is InChI=1S/C47H31N3/c1-3-13-32(14-4-1)36-17-11-18-37(29-36)44-30-43(49-47(50-44)35-15-5-2-6-16-35)33-24-26-34(27-25-33)45-39-20-7-9-22-41(39)46(38-19-12-28-48-31-38)42-23-10-8-21-40(42)45/h1-31H. The van der Waals surface area contributed by atoms with E-state index in [9.17, 15) is 0 Å². The highest BCUT2D eigenvalue weighted by Gasteiger charge is 2.17. The van der Waals surface area contributed by atoms with Gasteiger partial charge in [0.15, 0.2) is 5.82 Å². The van der Waals surface area contributed by atoms with Gasteiger partial charge in [-0.25, -0.2) is 9.97 Å². The number of rotatable bonds is 6. The molecule has 0 fully saturated rings.